The molecule has 0 aliphatic rings. The minimum absolute atomic E-state index is 0.0914. The minimum atomic E-state index is -4.09. The molecule has 5 nitrogen and oxygen atoms in total. The van der Waals surface area contributed by atoms with Gasteiger partial charge in [-0.2, -0.15) is 8.78 Å². The average molecular weight is 396 g/mol. The lowest BCUT2D eigenvalue weighted by atomic mass is 10.2. The molecule has 0 radical (unpaired) electrons. The van der Waals surface area contributed by atoms with Crippen molar-refractivity contribution in [2.75, 3.05) is 4.72 Å². The molecule has 3 rings (SSSR count). The van der Waals surface area contributed by atoms with Crippen LogP contribution in [0.2, 0.25) is 0 Å². The number of hydrogen-bond acceptors (Lipinski definition) is 3. The fourth-order valence-corrected chi connectivity index (χ4v) is 3.53. The molecule has 0 atom stereocenters. The van der Waals surface area contributed by atoms with Crippen LogP contribution < -0.4 is 9.46 Å². The van der Waals surface area contributed by atoms with E-state index in [0.717, 1.165) is 11.6 Å². The molecule has 1 aromatic heterocycles. The summed E-state index contributed by atoms with van der Waals surface area (Å²) in [6, 6.07) is 12.3. The summed E-state index contributed by atoms with van der Waals surface area (Å²) in [7, 11) is -4.09. The lowest BCUT2D eigenvalue weighted by Gasteiger charge is -2.12. The quantitative estimate of drug-likeness (QED) is 0.643. The van der Waals surface area contributed by atoms with Crippen molar-refractivity contribution in [2.45, 2.75) is 18.4 Å². The van der Waals surface area contributed by atoms with Gasteiger partial charge >= 0.3 is 6.61 Å². The van der Waals surface area contributed by atoms with Gasteiger partial charge in [0.2, 0.25) is 0 Å². The number of hydrogen-bond donors (Lipinski definition) is 2. The molecule has 0 bridgehead atoms. The van der Waals surface area contributed by atoms with E-state index in [4.69, 9.17) is 0 Å². The van der Waals surface area contributed by atoms with Crippen molar-refractivity contribution in [3.63, 3.8) is 0 Å². The number of benzene rings is 2. The average Bonchev–Trinajstić information content (AvgIpc) is 3.10. The largest absolute Gasteiger partial charge is 0.434 e. The molecule has 9 heteroatoms. The molecule has 0 unspecified atom stereocenters. The van der Waals surface area contributed by atoms with Crippen molar-refractivity contribution >= 4 is 15.7 Å². The number of anilines is 1. The van der Waals surface area contributed by atoms with Crippen LogP contribution in [0, 0.1) is 12.7 Å². The molecule has 0 amide bonds. The number of rotatable bonds is 6. The van der Waals surface area contributed by atoms with E-state index in [1.807, 2.05) is 18.2 Å². The van der Waals surface area contributed by atoms with Crippen LogP contribution in [0.25, 0.3) is 11.3 Å². The van der Waals surface area contributed by atoms with E-state index in [1.54, 1.807) is 12.1 Å². The fraction of sp³-hybridized carbons (Fsp3) is 0.111. The summed E-state index contributed by atoms with van der Waals surface area (Å²) in [6.45, 7) is -1.71. The van der Waals surface area contributed by atoms with Crippen LogP contribution in [0.3, 0.4) is 0 Å². The first-order valence-corrected chi connectivity index (χ1v) is 9.26. The molecule has 0 spiro atoms. The number of nitrogens with one attached hydrogen (secondary N) is 2. The van der Waals surface area contributed by atoms with E-state index in [2.05, 4.69) is 14.4 Å². The predicted molar refractivity (Wildman–Crippen MR) is 94.8 cm³/mol. The van der Waals surface area contributed by atoms with Gasteiger partial charge in [0, 0.05) is 18.0 Å². The Kier molecular flexibility index (Phi) is 5.13. The summed E-state index contributed by atoms with van der Waals surface area (Å²) >= 11 is 0. The SMILES string of the molecule is Cc1cc(NS(=O)(=O)c2c[nH]c(-c3ccccc3)c2)c(F)cc1OC(F)F. The molecule has 0 fully saturated rings. The third kappa shape index (κ3) is 4.25. The van der Waals surface area contributed by atoms with E-state index in [1.165, 1.54) is 19.2 Å². The van der Waals surface area contributed by atoms with E-state index in [0.29, 0.717) is 11.8 Å². The van der Waals surface area contributed by atoms with Crippen LogP contribution in [-0.2, 0) is 10.0 Å². The Labute approximate surface area is 153 Å². The highest BCUT2D eigenvalue weighted by Gasteiger charge is 2.20. The van der Waals surface area contributed by atoms with E-state index in [9.17, 15) is 21.6 Å². The second-order valence-corrected chi connectivity index (χ2v) is 7.38. The molecule has 0 aliphatic carbocycles. The third-order valence-corrected chi connectivity index (χ3v) is 5.12. The second-order valence-electron chi connectivity index (χ2n) is 5.70. The van der Waals surface area contributed by atoms with E-state index >= 15 is 0 Å². The maximum atomic E-state index is 14.1. The number of aryl methyl sites for hydroxylation is 1. The zero-order valence-electron chi connectivity index (χ0n) is 14.0. The minimum Gasteiger partial charge on any atom is -0.434 e. The van der Waals surface area contributed by atoms with Crippen molar-refractivity contribution in [1.29, 1.82) is 0 Å². The first-order valence-electron chi connectivity index (χ1n) is 7.78. The fourth-order valence-electron chi connectivity index (χ4n) is 2.48. The Morgan fingerprint density at radius 2 is 1.81 bits per heavy atom. The molecule has 2 N–H and O–H groups in total. The molecule has 0 saturated heterocycles. The van der Waals surface area contributed by atoms with Crippen molar-refractivity contribution in [3.8, 4) is 17.0 Å². The van der Waals surface area contributed by atoms with Gasteiger partial charge in [-0.3, -0.25) is 4.72 Å². The number of alkyl halides is 2. The summed E-state index contributed by atoms with van der Waals surface area (Å²) in [5.74, 6) is -1.39. The maximum Gasteiger partial charge on any atom is 0.387 e. The lowest BCUT2D eigenvalue weighted by Crippen LogP contribution is -2.14. The van der Waals surface area contributed by atoms with Gasteiger partial charge in [-0.25, -0.2) is 12.8 Å². The normalized spacial score (nSPS) is 11.6. The number of ether oxygens (including phenoxy) is 1. The molecule has 142 valence electrons. The van der Waals surface area contributed by atoms with Crippen molar-refractivity contribution in [3.05, 3.63) is 66.1 Å². The van der Waals surface area contributed by atoms with Crippen LogP contribution in [0.1, 0.15) is 5.56 Å². The van der Waals surface area contributed by atoms with Gasteiger partial charge in [0.25, 0.3) is 10.0 Å². The van der Waals surface area contributed by atoms with Crippen molar-refractivity contribution < 1.29 is 26.3 Å². The van der Waals surface area contributed by atoms with Crippen LogP contribution in [0.4, 0.5) is 18.9 Å². The highest BCUT2D eigenvalue weighted by molar-refractivity contribution is 7.92. The molecular weight excluding hydrogens is 381 g/mol. The van der Waals surface area contributed by atoms with Gasteiger partial charge in [0.15, 0.2) is 5.82 Å². The Morgan fingerprint density at radius 3 is 2.48 bits per heavy atom. The zero-order chi connectivity index (χ0) is 19.6. The Morgan fingerprint density at radius 1 is 1.11 bits per heavy atom. The topological polar surface area (TPSA) is 71.2 Å². The molecule has 3 aromatic rings. The van der Waals surface area contributed by atoms with Gasteiger partial charge in [-0.05, 0) is 30.2 Å². The van der Waals surface area contributed by atoms with Gasteiger partial charge in [-0.15, -0.1) is 0 Å². The summed E-state index contributed by atoms with van der Waals surface area (Å²) in [5, 5.41) is 0. The molecule has 1 heterocycles. The number of halogens is 3. The van der Waals surface area contributed by atoms with Gasteiger partial charge in [-0.1, -0.05) is 30.3 Å². The zero-order valence-corrected chi connectivity index (χ0v) is 14.9. The Bertz CT molecular complexity index is 1050. The highest BCUT2D eigenvalue weighted by Crippen LogP contribution is 2.29. The smallest absolute Gasteiger partial charge is 0.387 e. The standard InChI is InChI=1S/C18H15F3N2O3S/c1-11-7-16(14(19)9-17(11)26-18(20)21)23-27(24,25)13-8-15(22-10-13)12-5-3-2-4-6-12/h2-10,18,22-23H,1H3. The monoisotopic (exact) mass is 396 g/mol. The van der Waals surface area contributed by atoms with Gasteiger partial charge < -0.3 is 9.72 Å². The Hall–Kier alpha value is -2.94. The van der Waals surface area contributed by atoms with Crippen LogP contribution in [0.15, 0.2) is 59.6 Å². The van der Waals surface area contributed by atoms with Crippen molar-refractivity contribution in [1.82, 2.24) is 4.98 Å². The lowest BCUT2D eigenvalue weighted by molar-refractivity contribution is -0.0504. The Balaban J connectivity index is 1.87. The number of sulfonamides is 1. The van der Waals surface area contributed by atoms with Crippen LogP contribution in [0.5, 0.6) is 5.75 Å². The van der Waals surface area contributed by atoms with Gasteiger partial charge in [0.05, 0.1) is 5.69 Å². The summed E-state index contributed by atoms with van der Waals surface area (Å²) in [6.07, 6.45) is 1.28. The van der Waals surface area contributed by atoms with E-state index in [-0.39, 0.29) is 21.9 Å². The predicted octanol–water partition coefficient (Wildman–Crippen LogP) is 4.53. The van der Waals surface area contributed by atoms with E-state index < -0.39 is 22.5 Å². The highest BCUT2D eigenvalue weighted by atomic mass is 32.2. The first kappa shape index (κ1) is 18.8. The first-order chi connectivity index (χ1) is 12.8. The molecule has 0 aliphatic heterocycles. The molecular formula is C18H15F3N2O3S. The van der Waals surface area contributed by atoms with Crippen molar-refractivity contribution in [2.24, 2.45) is 0 Å². The number of aromatic amines is 1. The third-order valence-electron chi connectivity index (χ3n) is 3.78. The molecule has 2 aromatic carbocycles. The second kappa shape index (κ2) is 7.36. The van der Waals surface area contributed by atoms with Crippen LogP contribution in [-0.4, -0.2) is 20.0 Å². The summed E-state index contributed by atoms with van der Waals surface area (Å²) < 4.78 is 70.1. The van der Waals surface area contributed by atoms with Gasteiger partial charge in [0.1, 0.15) is 10.6 Å². The number of aromatic nitrogens is 1. The van der Waals surface area contributed by atoms with Crippen LogP contribution >= 0.6 is 0 Å². The summed E-state index contributed by atoms with van der Waals surface area (Å²) in [4.78, 5) is 2.76. The molecule has 0 saturated carbocycles. The summed E-state index contributed by atoms with van der Waals surface area (Å²) in [5.41, 5.74) is 1.16. The number of H-pyrrole nitrogens is 1. The molecule has 27 heavy (non-hydrogen) atoms. The maximum absolute atomic E-state index is 14.1.